The van der Waals surface area contributed by atoms with Crippen LogP contribution in [-0.2, 0) is 13.5 Å². The van der Waals surface area contributed by atoms with Crippen LogP contribution in [0, 0.1) is 0 Å². The Bertz CT molecular complexity index is 468. The molecule has 0 atom stereocenters. The molecule has 1 aromatic heterocycles. The Morgan fingerprint density at radius 1 is 1.25 bits per heavy atom. The highest BCUT2D eigenvalue weighted by Crippen LogP contribution is 2.23. The Hall–Kier alpha value is -1.77. The molecule has 84 valence electrons. The zero-order valence-electron chi connectivity index (χ0n) is 9.77. The Kier molecular flexibility index (Phi) is 2.95. The normalized spacial score (nSPS) is 10.6. The summed E-state index contributed by atoms with van der Waals surface area (Å²) < 4.78 is 1.74. The monoisotopic (exact) mass is 215 g/mol. The fourth-order valence-corrected chi connectivity index (χ4v) is 1.85. The van der Waals surface area contributed by atoms with Gasteiger partial charge in [-0.05, 0) is 12.0 Å². The molecule has 0 amide bonds. The molecule has 2 N–H and O–H groups in total. The largest absolute Gasteiger partial charge is 0.396 e. The van der Waals surface area contributed by atoms with Crippen LogP contribution < -0.4 is 5.73 Å². The summed E-state index contributed by atoms with van der Waals surface area (Å²) in [5.41, 5.74) is 9.92. The number of rotatable bonds is 3. The van der Waals surface area contributed by atoms with Crippen LogP contribution in [0.25, 0.3) is 11.3 Å². The molecule has 1 heterocycles. The molecule has 0 radical (unpaired) electrons. The number of aryl methyl sites for hydroxylation is 2. The first-order chi connectivity index (χ1) is 7.70. The van der Waals surface area contributed by atoms with E-state index in [4.69, 9.17) is 5.73 Å². The molecule has 2 rings (SSSR count). The van der Waals surface area contributed by atoms with E-state index in [2.05, 4.69) is 36.3 Å². The lowest BCUT2D eigenvalue weighted by atomic mass is 10.1. The zero-order valence-corrected chi connectivity index (χ0v) is 9.77. The number of hydrogen-bond donors (Lipinski definition) is 1. The van der Waals surface area contributed by atoms with Gasteiger partial charge in [0.15, 0.2) is 0 Å². The van der Waals surface area contributed by atoms with Crippen molar-refractivity contribution in [1.29, 1.82) is 0 Å². The smallest absolute Gasteiger partial charge is 0.115 e. The second-order valence-corrected chi connectivity index (χ2v) is 4.05. The molecule has 16 heavy (non-hydrogen) atoms. The van der Waals surface area contributed by atoms with Crippen LogP contribution in [0.5, 0.6) is 0 Å². The molecule has 0 aliphatic rings. The predicted molar refractivity (Wildman–Crippen MR) is 67.1 cm³/mol. The van der Waals surface area contributed by atoms with Gasteiger partial charge in [-0.3, -0.25) is 4.68 Å². The molecule has 0 fully saturated rings. The maximum absolute atomic E-state index is 5.89. The van der Waals surface area contributed by atoms with Gasteiger partial charge in [-0.2, -0.15) is 5.10 Å². The van der Waals surface area contributed by atoms with Crippen molar-refractivity contribution in [2.24, 2.45) is 7.05 Å². The van der Waals surface area contributed by atoms with Crippen molar-refractivity contribution in [3.8, 4) is 11.3 Å². The number of benzene rings is 1. The third-order valence-electron chi connectivity index (χ3n) is 2.62. The average Bonchev–Trinajstić information content (AvgIpc) is 2.59. The fraction of sp³-hybridized carbons (Fsp3) is 0.308. The highest BCUT2D eigenvalue weighted by Gasteiger charge is 2.06. The molecule has 2 aromatic rings. The lowest BCUT2D eigenvalue weighted by Crippen LogP contribution is -1.89. The molecular weight excluding hydrogens is 198 g/mol. The standard InChI is InChI=1S/C13H17N3/c1-3-4-10-5-7-11(8-6-10)13-12(14)9-16(2)15-13/h5-9H,3-4,14H2,1-2H3. The van der Waals surface area contributed by atoms with Gasteiger partial charge in [-0.25, -0.2) is 0 Å². The summed E-state index contributed by atoms with van der Waals surface area (Å²) in [6, 6.07) is 8.47. The van der Waals surface area contributed by atoms with Crippen LogP contribution in [0.2, 0.25) is 0 Å². The van der Waals surface area contributed by atoms with E-state index in [1.54, 1.807) is 4.68 Å². The summed E-state index contributed by atoms with van der Waals surface area (Å²) in [4.78, 5) is 0. The minimum absolute atomic E-state index is 0.728. The number of nitrogen functional groups attached to an aromatic ring is 1. The van der Waals surface area contributed by atoms with Crippen LogP contribution in [0.15, 0.2) is 30.5 Å². The van der Waals surface area contributed by atoms with E-state index in [0.29, 0.717) is 0 Å². The topological polar surface area (TPSA) is 43.8 Å². The summed E-state index contributed by atoms with van der Waals surface area (Å²) in [7, 11) is 1.88. The SMILES string of the molecule is CCCc1ccc(-c2nn(C)cc2N)cc1. The number of nitrogens with zero attached hydrogens (tertiary/aromatic N) is 2. The molecule has 0 saturated carbocycles. The first-order valence-corrected chi connectivity index (χ1v) is 5.59. The Labute approximate surface area is 95.9 Å². The molecule has 0 saturated heterocycles. The summed E-state index contributed by atoms with van der Waals surface area (Å²) in [5, 5.41) is 4.35. The molecule has 1 aromatic carbocycles. The Morgan fingerprint density at radius 3 is 2.44 bits per heavy atom. The maximum atomic E-state index is 5.89. The van der Waals surface area contributed by atoms with E-state index in [1.807, 2.05) is 13.2 Å². The van der Waals surface area contributed by atoms with Crippen molar-refractivity contribution < 1.29 is 0 Å². The minimum Gasteiger partial charge on any atom is -0.396 e. The van der Waals surface area contributed by atoms with Crippen molar-refractivity contribution in [2.75, 3.05) is 5.73 Å². The van der Waals surface area contributed by atoms with Gasteiger partial charge in [0, 0.05) is 18.8 Å². The van der Waals surface area contributed by atoms with Gasteiger partial charge in [0.2, 0.25) is 0 Å². The molecular formula is C13H17N3. The van der Waals surface area contributed by atoms with Crippen LogP contribution in [0.4, 0.5) is 5.69 Å². The molecule has 0 bridgehead atoms. The highest BCUT2D eigenvalue weighted by atomic mass is 15.3. The quantitative estimate of drug-likeness (QED) is 0.855. The predicted octanol–water partition coefficient (Wildman–Crippen LogP) is 2.62. The second-order valence-electron chi connectivity index (χ2n) is 4.05. The summed E-state index contributed by atoms with van der Waals surface area (Å²) in [6.45, 7) is 2.19. The first kappa shape index (κ1) is 10.7. The molecule has 3 nitrogen and oxygen atoms in total. The van der Waals surface area contributed by atoms with E-state index in [0.717, 1.165) is 23.4 Å². The third-order valence-corrected chi connectivity index (χ3v) is 2.62. The van der Waals surface area contributed by atoms with Crippen molar-refractivity contribution in [3.05, 3.63) is 36.0 Å². The highest BCUT2D eigenvalue weighted by molar-refractivity contribution is 5.71. The second kappa shape index (κ2) is 4.39. The van der Waals surface area contributed by atoms with Gasteiger partial charge >= 0.3 is 0 Å². The van der Waals surface area contributed by atoms with Crippen LogP contribution in [-0.4, -0.2) is 9.78 Å². The van der Waals surface area contributed by atoms with Crippen molar-refractivity contribution >= 4 is 5.69 Å². The lowest BCUT2D eigenvalue weighted by Gasteiger charge is -2.01. The molecule has 0 aliphatic heterocycles. The van der Waals surface area contributed by atoms with Gasteiger partial charge in [-0.1, -0.05) is 37.6 Å². The van der Waals surface area contributed by atoms with Gasteiger partial charge in [0.25, 0.3) is 0 Å². The fourth-order valence-electron chi connectivity index (χ4n) is 1.85. The summed E-state index contributed by atoms with van der Waals surface area (Å²) >= 11 is 0. The van der Waals surface area contributed by atoms with E-state index in [1.165, 1.54) is 12.0 Å². The Balaban J connectivity index is 2.31. The number of nitrogens with two attached hydrogens (primary N) is 1. The van der Waals surface area contributed by atoms with E-state index < -0.39 is 0 Å². The molecule has 3 heteroatoms. The summed E-state index contributed by atoms with van der Waals surface area (Å²) in [5.74, 6) is 0. The number of hydrogen-bond acceptors (Lipinski definition) is 2. The van der Waals surface area contributed by atoms with Crippen LogP contribution in [0.3, 0.4) is 0 Å². The zero-order chi connectivity index (χ0) is 11.5. The maximum Gasteiger partial charge on any atom is 0.115 e. The molecule has 0 spiro atoms. The van der Waals surface area contributed by atoms with Crippen molar-refractivity contribution in [3.63, 3.8) is 0 Å². The lowest BCUT2D eigenvalue weighted by molar-refractivity contribution is 0.771. The van der Waals surface area contributed by atoms with E-state index in [9.17, 15) is 0 Å². The number of anilines is 1. The molecule has 0 aliphatic carbocycles. The third kappa shape index (κ3) is 2.08. The Morgan fingerprint density at radius 2 is 1.94 bits per heavy atom. The van der Waals surface area contributed by atoms with Gasteiger partial charge < -0.3 is 5.73 Å². The van der Waals surface area contributed by atoms with Gasteiger partial charge in [0.1, 0.15) is 5.69 Å². The van der Waals surface area contributed by atoms with Crippen molar-refractivity contribution in [2.45, 2.75) is 19.8 Å². The average molecular weight is 215 g/mol. The summed E-state index contributed by atoms with van der Waals surface area (Å²) in [6.07, 6.45) is 4.12. The number of aromatic nitrogens is 2. The van der Waals surface area contributed by atoms with Gasteiger partial charge in [0.05, 0.1) is 5.69 Å². The van der Waals surface area contributed by atoms with E-state index in [-0.39, 0.29) is 0 Å². The van der Waals surface area contributed by atoms with Crippen LogP contribution >= 0.6 is 0 Å². The first-order valence-electron chi connectivity index (χ1n) is 5.59. The van der Waals surface area contributed by atoms with Crippen LogP contribution in [0.1, 0.15) is 18.9 Å². The van der Waals surface area contributed by atoms with E-state index >= 15 is 0 Å². The van der Waals surface area contributed by atoms with Gasteiger partial charge in [-0.15, -0.1) is 0 Å². The molecule has 0 unspecified atom stereocenters. The minimum atomic E-state index is 0.728. The van der Waals surface area contributed by atoms with Crippen molar-refractivity contribution in [1.82, 2.24) is 9.78 Å².